The van der Waals surface area contributed by atoms with Gasteiger partial charge in [0, 0.05) is 11.4 Å². The van der Waals surface area contributed by atoms with E-state index in [-0.39, 0.29) is 11.4 Å². The van der Waals surface area contributed by atoms with Crippen LogP contribution in [-0.4, -0.2) is 35.4 Å². The zero-order valence-electron chi connectivity index (χ0n) is 21.6. The molecule has 0 aliphatic rings. The maximum absolute atomic E-state index is 5.23. The first-order valence-corrected chi connectivity index (χ1v) is 11.8. The molecule has 0 spiro atoms. The number of hydrogen-bond acceptors (Lipinski definition) is 9. The smallest absolute Gasteiger partial charge is 0.250 e. The number of rotatable bonds is 9. The van der Waals surface area contributed by atoms with Gasteiger partial charge in [-0.3, -0.25) is 0 Å². The molecular weight excluding hydrogens is 466 g/mol. The molecule has 0 amide bonds. The van der Waals surface area contributed by atoms with E-state index < -0.39 is 0 Å². The van der Waals surface area contributed by atoms with Gasteiger partial charge in [-0.15, -0.1) is 0 Å². The second-order valence-electron chi connectivity index (χ2n) is 9.26. The Hall–Kier alpha value is -4.66. The van der Waals surface area contributed by atoms with Gasteiger partial charge in [-0.2, -0.15) is 20.1 Å². The predicted octanol–water partition coefficient (Wildman–Crippen LogP) is 6.12. The lowest BCUT2D eigenvalue weighted by molar-refractivity contribution is 0.415. The van der Waals surface area contributed by atoms with E-state index in [9.17, 15) is 0 Å². The minimum atomic E-state index is 0.0966. The Morgan fingerprint density at radius 1 is 0.649 bits per heavy atom. The first kappa shape index (κ1) is 25.4. The lowest BCUT2D eigenvalue weighted by atomic mass is 9.87. The largest absolute Gasteiger partial charge is 0.497 e. The maximum atomic E-state index is 5.23. The average molecular weight is 498 g/mol. The lowest BCUT2D eigenvalue weighted by Crippen LogP contribution is -2.10. The van der Waals surface area contributed by atoms with E-state index in [1.807, 2.05) is 60.7 Å². The van der Waals surface area contributed by atoms with Crippen LogP contribution in [-0.2, 0) is 5.41 Å². The molecule has 0 fully saturated rings. The van der Waals surface area contributed by atoms with Crippen molar-refractivity contribution in [2.24, 2.45) is 5.10 Å². The summed E-state index contributed by atoms with van der Waals surface area (Å²) in [7, 11) is 3.26. The molecule has 3 N–H and O–H groups in total. The van der Waals surface area contributed by atoms with Crippen LogP contribution in [0.2, 0.25) is 0 Å². The molecular formula is C28H31N7O2. The summed E-state index contributed by atoms with van der Waals surface area (Å²) in [6.45, 7) is 6.56. The van der Waals surface area contributed by atoms with Gasteiger partial charge in [0.2, 0.25) is 17.8 Å². The molecule has 0 atom stereocenters. The maximum Gasteiger partial charge on any atom is 0.250 e. The van der Waals surface area contributed by atoms with E-state index in [2.05, 4.69) is 69.0 Å². The molecule has 9 nitrogen and oxygen atoms in total. The summed E-state index contributed by atoms with van der Waals surface area (Å²) in [4.78, 5) is 13.4. The minimum absolute atomic E-state index is 0.0966. The number of methoxy groups -OCH3 is 2. The zero-order chi connectivity index (χ0) is 26.3. The third-order valence-corrected chi connectivity index (χ3v) is 5.48. The lowest BCUT2D eigenvalue weighted by Gasteiger charge is -2.18. The van der Waals surface area contributed by atoms with E-state index in [1.165, 1.54) is 5.56 Å². The molecule has 0 aliphatic heterocycles. The summed E-state index contributed by atoms with van der Waals surface area (Å²) >= 11 is 0. The summed E-state index contributed by atoms with van der Waals surface area (Å²) in [5.74, 6) is 2.50. The number of ether oxygens (including phenoxy) is 2. The Balaban J connectivity index is 1.54. The molecule has 4 aromatic rings. The molecule has 0 aliphatic carbocycles. The van der Waals surface area contributed by atoms with Gasteiger partial charge >= 0.3 is 0 Å². The number of nitrogens with zero attached hydrogens (tertiary/aromatic N) is 4. The fourth-order valence-corrected chi connectivity index (χ4v) is 3.38. The predicted molar refractivity (Wildman–Crippen MR) is 149 cm³/mol. The molecule has 190 valence electrons. The van der Waals surface area contributed by atoms with Gasteiger partial charge in [-0.1, -0.05) is 45.0 Å². The van der Waals surface area contributed by atoms with Crippen LogP contribution in [0.15, 0.2) is 77.9 Å². The summed E-state index contributed by atoms with van der Waals surface area (Å²) in [5, 5.41) is 10.7. The van der Waals surface area contributed by atoms with Gasteiger partial charge in [0.15, 0.2) is 0 Å². The molecule has 9 heteroatoms. The van der Waals surface area contributed by atoms with Gasteiger partial charge in [-0.25, -0.2) is 5.43 Å². The normalized spacial score (nSPS) is 11.3. The topological polar surface area (TPSA) is 106 Å². The molecule has 1 aromatic heterocycles. The van der Waals surface area contributed by atoms with Crippen LogP contribution < -0.4 is 25.5 Å². The van der Waals surface area contributed by atoms with Crippen molar-refractivity contribution in [3.63, 3.8) is 0 Å². The van der Waals surface area contributed by atoms with Gasteiger partial charge in [0.25, 0.3) is 0 Å². The van der Waals surface area contributed by atoms with Crippen molar-refractivity contribution in [3.8, 4) is 11.5 Å². The number of aromatic nitrogens is 3. The van der Waals surface area contributed by atoms with E-state index in [0.29, 0.717) is 11.9 Å². The minimum Gasteiger partial charge on any atom is -0.497 e. The number of benzene rings is 3. The van der Waals surface area contributed by atoms with Crippen molar-refractivity contribution in [2.45, 2.75) is 26.2 Å². The number of hydrazone groups is 1. The zero-order valence-corrected chi connectivity index (χ0v) is 21.6. The molecule has 0 saturated carbocycles. The Bertz CT molecular complexity index is 1260. The fraction of sp³-hybridized carbons (Fsp3) is 0.214. The monoisotopic (exact) mass is 497 g/mol. The van der Waals surface area contributed by atoms with Gasteiger partial charge in [-0.05, 0) is 65.1 Å². The quantitative estimate of drug-likeness (QED) is 0.188. The number of nitrogens with one attached hydrogen (secondary N) is 3. The highest BCUT2D eigenvalue weighted by Gasteiger charge is 2.12. The molecule has 0 saturated heterocycles. The molecule has 4 rings (SSSR count). The standard InChI is InChI=1S/C28H31N7O2/c1-28(2,3)20-8-6-19(7-9-20)18-29-35-27-33-25(30-21-10-14-23(36-4)15-11-21)32-26(34-27)31-22-12-16-24(37-5)17-13-22/h6-18H,1-5H3,(H3,30,31,32,33,34,35). The molecule has 1 heterocycles. The van der Waals surface area contributed by atoms with E-state index in [4.69, 9.17) is 9.47 Å². The van der Waals surface area contributed by atoms with Crippen molar-refractivity contribution in [1.29, 1.82) is 0 Å². The van der Waals surface area contributed by atoms with E-state index in [1.54, 1.807) is 20.4 Å². The summed E-state index contributed by atoms with van der Waals surface area (Å²) in [5.41, 5.74) is 6.84. The summed E-state index contributed by atoms with van der Waals surface area (Å²) in [6, 6.07) is 23.2. The summed E-state index contributed by atoms with van der Waals surface area (Å²) in [6.07, 6.45) is 1.73. The molecule has 0 radical (unpaired) electrons. The van der Waals surface area contributed by atoms with Crippen LogP contribution in [0.3, 0.4) is 0 Å². The van der Waals surface area contributed by atoms with Gasteiger partial charge in [0.1, 0.15) is 11.5 Å². The highest BCUT2D eigenvalue weighted by atomic mass is 16.5. The first-order chi connectivity index (χ1) is 17.8. The van der Waals surface area contributed by atoms with Crippen LogP contribution in [0.1, 0.15) is 31.9 Å². The van der Waals surface area contributed by atoms with Crippen molar-refractivity contribution in [1.82, 2.24) is 15.0 Å². The first-order valence-electron chi connectivity index (χ1n) is 11.8. The van der Waals surface area contributed by atoms with Gasteiger partial charge in [0.05, 0.1) is 20.4 Å². The third-order valence-electron chi connectivity index (χ3n) is 5.48. The average Bonchev–Trinajstić information content (AvgIpc) is 2.89. The van der Waals surface area contributed by atoms with Crippen LogP contribution in [0.5, 0.6) is 11.5 Å². The second-order valence-corrected chi connectivity index (χ2v) is 9.26. The van der Waals surface area contributed by atoms with E-state index in [0.717, 1.165) is 28.4 Å². The van der Waals surface area contributed by atoms with Crippen molar-refractivity contribution >= 4 is 35.4 Å². The third kappa shape index (κ3) is 7.17. The molecule has 0 unspecified atom stereocenters. The Morgan fingerprint density at radius 2 is 1.11 bits per heavy atom. The van der Waals surface area contributed by atoms with Crippen LogP contribution in [0.4, 0.5) is 29.2 Å². The Kier molecular flexibility index (Phi) is 7.83. The highest BCUT2D eigenvalue weighted by molar-refractivity contribution is 5.80. The second kappa shape index (κ2) is 11.4. The van der Waals surface area contributed by atoms with Crippen molar-refractivity contribution in [2.75, 3.05) is 30.3 Å². The van der Waals surface area contributed by atoms with Gasteiger partial charge < -0.3 is 20.1 Å². The van der Waals surface area contributed by atoms with Crippen LogP contribution in [0, 0.1) is 0 Å². The van der Waals surface area contributed by atoms with Crippen LogP contribution in [0.25, 0.3) is 0 Å². The molecule has 3 aromatic carbocycles. The molecule has 37 heavy (non-hydrogen) atoms. The van der Waals surface area contributed by atoms with E-state index >= 15 is 0 Å². The molecule has 0 bridgehead atoms. The van der Waals surface area contributed by atoms with Crippen molar-refractivity contribution in [3.05, 3.63) is 83.9 Å². The summed E-state index contributed by atoms with van der Waals surface area (Å²) < 4.78 is 10.5. The fourth-order valence-electron chi connectivity index (χ4n) is 3.38. The van der Waals surface area contributed by atoms with Crippen molar-refractivity contribution < 1.29 is 9.47 Å². The highest BCUT2D eigenvalue weighted by Crippen LogP contribution is 2.23. The number of anilines is 5. The van der Waals surface area contributed by atoms with Crippen LogP contribution >= 0.6 is 0 Å². The number of hydrogen-bond donors (Lipinski definition) is 3. The Morgan fingerprint density at radius 3 is 1.54 bits per heavy atom. The Labute approximate surface area is 217 Å². The SMILES string of the molecule is COc1ccc(Nc2nc(NN=Cc3ccc(C(C)(C)C)cc3)nc(Nc3ccc(OC)cc3)n2)cc1.